The van der Waals surface area contributed by atoms with E-state index >= 15 is 0 Å². The monoisotopic (exact) mass is 585 g/mol. The van der Waals surface area contributed by atoms with Gasteiger partial charge in [-0.1, -0.05) is 127 Å². The van der Waals surface area contributed by atoms with Gasteiger partial charge in [-0.15, -0.1) is 0 Å². The van der Waals surface area contributed by atoms with Crippen LogP contribution in [0.2, 0.25) is 0 Å². The van der Waals surface area contributed by atoms with Crippen LogP contribution in [0.25, 0.3) is 71.6 Å². The van der Waals surface area contributed by atoms with Crippen LogP contribution in [-0.4, -0.2) is 14.5 Å². The van der Waals surface area contributed by atoms with Gasteiger partial charge in [0.05, 0.1) is 28.2 Å². The first-order chi connectivity index (χ1) is 22.8. The lowest BCUT2D eigenvalue weighted by molar-refractivity contribution is 0.891. The quantitative estimate of drug-likeness (QED) is 0.206. The van der Waals surface area contributed by atoms with Crippen LogP contribution in [0.5, 0.6) is 0 Å². The smallest absolute Gasteiger partial charge is 0.141 e. The Labute approximate surface area is 266 Å². The molecule has 214 valence electrons. The zero-order valence-electron chi connectivity index (χ0n) is 24.9. The van der Waals surface area contributed by atoms with Gasteiger partial charge in [-0.05, 0) is 63.4 Å². The highest BCUT2D eigenvalue weighted by Gasteiger charge is 2.34. The molecule has 0 bridgehead atoms. The fourth-order valence-corrected chi connectivity index (χ4v) is 7.74. The van der Waals surface area contributed by atoms with Gasteiger partial charge in [-0.3, -0.25) is 0 Å². The lowest BCUT2D eigenvalue weighted by atomic mass is 9.92. The van der Waals surface area contributed by atoms with Gasteiger partial charge in [-0.2, -0.15) is 0 Å². The first-order valence-electron chi connectivity index (χ1n) is 15.8. The molecule has 0 spiro atoms. The van der Waals surface area contributed by atoms with Crippen LogP contribution in [0.3, 0.4) is 0 Å². The summed E-state index contributed by atoms with van der Waals surface area (Å²) in [7, 11) is 0. The number of aromatic nitrogens is 3. The average Bonchev–Trinajstić information content (AvgIpc) is 3.65. The predicted octanol–water partition coefficient (Wildman–Crippen LogP) is 10.7. The van der Waals surface area contributed by atoms with E-state index in [9.17, 15) is 0 Å². The summed E-state index contributed by atoms with van der Waals surface area (Å²) in [5.74, 6) is 0.752. The van der Waals surface area contributed by atoms with E-state index in [2.05, 4.69) is 162 Å². The summed E-state index contributed by atoms with van der Waals surface area (Å²) in [4.78, 5) is 10.6. The maximum atomic E-state index is 5.37. The van der Waals surface area contributed by atoms with E-state index in [1.54, 1.807) is 0 Å². The minimum absolute atomic E-state index is 0.0830. The number of para-hydroxylation sites is 3. The fraction of sp³-hybridized carbons (Fsp3) is 0.0233. The predicted molar refractivity (Wildman–Crippen MR) is 190 cm³/mol. The van der Waals surface area contributed by atoms with Crippen molar-refractivity contribution in [2.75, 3.05) is 0 Å². The largest absolute Gasteiger partial charge is 0.309 e. The molecule has 9 aromatic rings. The van der Waals surface area contributed by atoms with Crippen molar-refractivity contribution in [2.24, 2.45) is 0 Å². The summed E-state index contributed by atoms with van der Waals surface area (Å²) >= 11 is 0. The highest BCUT2D eigenvalue weighted by Crippen LogP contribution is 2.52. The standard InChI is InChI=1S/C43H27N3/c1-3-13-28(14-4-1)42-32-19-9-11-21-35(32)44-43(45-42)40-31-18-8-7-17-30(31)39-34(40)25-23-27-24-26-37-41(38(27)39)33-20-10-12-22-36(33)46(37)29-15-5-2-6-16-29/h1-26,40H. The van der Waals surface area contributed by atoms with Crippen molar-refractivity contribution in [2.45, 2.75) is 5.92 Å². The molecule has 1 aliphatic carbocycles. The lowest BCUT2D eigenvalue weighted by Crippen LogP contribution is -2.07. The van der Waals surface area contributed by atoms with Crippen molar-refractivity contribution in [3.63, 3.8) is 0 Å². The van der Waals surface area contributed by atoms with E-state index in [1.165, 1.54) is 54.8 Å². The molecule has 2 heterocycles. The Morgan fingerprint density at radius 1 is 0.478 bits per heavy atom. The molecule has 0 radical (unpaired) electrons. The van der Waals surface area contributed by atoms with Crippen molar-refractivity contribution >= 4 is 43.5 Å². The van der Waals surface area contributed by atoms with E-state index in [1.807, 2.05) is 0 Å². The lowest BCUT2D eigenvalue weighted by Gasteiger charge is -2.16. The maximum absolute atomic E-state index is 5.37. The highest BCUT2D eigenvalue weighted by molar-refractivity contribution is 6.26. The van der Waals surface area contributed by atoms with Crippen molar-refractivity contribution in [3.8, 4) is 28.1 Å². The van der Waals surface area contributed by atoms with E-state index in [0.717, 1.165) is 33.7 Å². The van der Waals surface area contributed by atoms with Gasteiger partial charge in [0.1, 0.15) is 5.82 Å². The number of rotatable bonds is 3. The Morgan fingerprint density at radius 3 is 2.04 bits per heavy atom. The summed E-state index contributed by atoms with van der Waals surface area (Å²) in [6.45, 7) is 0. The number of hydrogen-bond acceptors (Lipinski definition) is 2. The Balaban J connectivity index is 1.31. The molecular weight excluding hydrogens is 558 g/mol. The topological polar surface area (TPSA) is 30.7 Å². The second-order valence-corrected chi connectivity index (χ2v) is 12.1. The third-order valence-electron chi connectivity index (χ3n) is 9.64. The van der Waals surface area contributed by atoms with E-state index in [4.69, 9.17) is 9.97 Å². The SMILES string of the molecule is c1ccc(-c2nc(C3c4ccccc4-c4c3ccc3ccc5c(c6ccccc6n5-c5ccccc5)c43)nc3ccccc23)cc1. The molecule has 0 fully saturated rings. The number of benzene rings is 7. The maximum Gasteiger partial charge on any atom is 0.141 e. The molecule has 3 heteroatoms. The Hall–Kier alpha value is -6.06. The molecule has 3 nitrogen and oxygen atoms in total. The van der Waals surface area contributed by atoms with Crippen LogP contribution >= 0.6 is 0 Å². The van der Waals surface area contributed by atoms with Crippen molar-refractivity contribution in [1.29, 1.82) is 0 Å². The Bertz CT molecular complexity index is 2630. The number of fused-ring (bicyclic) bond motifs is 10. The van der Waals surface area contributed by atoms with Crippen LogP contribution in [-0.2, 0) is 0 Å². The molecule has 0 saturated carbocycles. The van der Waals surface area contributed by atoms with Crippen molar-refractivity contribution in [1.82, 2.24) is 14.5 Å². The van der Waals surface area contributed by atoms with Gasteiger partial charge in [0.25, 0.3) is 0 Å². The van der Waals surface area contributed by atoms with Gasteiger partial charge in [-0.25, -0.2) is 9.97 Å². The summed E-state index contributed by atoms with van der Waals surface area (Å²) in [5.41, 5.74) is 11.7. The summed E-state index contributed by atoms with van der Waals surface area (Å²) in [6.07, 6.45) is 0. The second kappa shape index (κ2) is 9.72. The number of hydrogen-bond donors (Lipinski definition) is 0. The average molecular weight is 586 g/mol. The molecule has 2 aromatic heterocycles. The molecule has 0 amide bonds. The number of nitrogens with zero attached hydrogens (tertiary/aromatic N) is 3. The molecule has 1 aliphatic rings. The van der Waals surface area contributed by atoms with Gasteiger partial charge in [0.15, 0.2) is 0 Å². The zero-order chi connectivity index (χ0) is 30.2. The molecule has 0 saturated heterocycles. The van der Waals surface area contributed by atoms with Crippen LogP contribution in [0.1, 0.15) is 22.9 Å². The molecule has 1 unspecified atom stereocenters. The van der Waals surface area contributed by atoms with Crippen LogP contribution in [0.4, 0.5) is 0 Å². The normalized spacial score (nSPS) is 13.9. The van der Waals surface area contributed by atoms with Crippen LogP contribution in [0.15, 0.2) is 158 Å². The van der Waals surface area contributed by atoms with Crippen molar-refractivity contribution < 1.29 is 0 Å². The summed E-state index contributed by atoms with van der Waals surface area (Å²) in [5, 5.41) is 6.14. The van der Waals surface area contributed by atoms with Crippen LogP contribution < -0.4 is 0 Å². The Kier molecular flexibility index (Phi) is 5.34. The molecule has 1 atom stereocenters. The molecule has 46 heavy (non-hydrogen) atoms. The van der Waals surface area contributed by atoms with Gasteiger partial charge in [0, 0.05) is 27.4 Å². The first kappa shape index (κ1) is 25.3. The zero-order valence-corrected chi connectivity index (χ0v) is 24.9. The fourth-order valence-electron chi connectivity index (χ4n) is 7.74. The van der Waals surface area contributed by atoms with Gasteiger partial charge >= 0.3 is 0 Å². The van der Waals surface area contributed by atoms with E-state index < -0.39 is 0 Å². The third-order valence-corrected chi connectivity index (χ3v) is 9.64. The molecule has 10 rings (SSSR count). The van der Waals surface area contributed by atoms with E-state index in [-0.39, 0.29) is 5.92 Å². The van der Waals surface area contributed by atoms with Crippen LogP contribution in [0, 0.1) is 0 Å². The highest BCUT2D eigenvalue weighted by atomic mass is 15.0. The third kappa shape index (κ3) is 3.54. The first-order valence-corrected chi connectivity index (χ1v) is 15.8. The summed E-state index contributed by atoms with van der Waals surface area (Å²) < 4.78 is 2.40. The second-order valence-electron chi connectivity index (χ2n) is 12.1. The molecule has 0 aliphatic heterocycles. The molecule has 0 N–H and O–H groups in total. The molecule has 7 aromatic carbocycles. The minimum Gasteiger partial charge on any atom is -0.309 e. The summed E-state index contributed by atoms with van der Waals surface area (Å²) in [6, 6.07) is 56.4. The Morgan fingerprint density at radius 2 is 1.17 bits per heavy atom. The van der Waals surface area contributed by atoms with Gasteiger partial charge < -0.3 is 4.57 Å². The molecular formula is C43H27N3. The van der Waals surface area contributed by atoms with E-state index in [0.29, 0.717) is 0 Å². The van der Waals surface area contributed by atoms with Gasteiger partial charge in [0.2, 0.25) is 0 Å². The minimum atomic E-state index is -0.0830. The van der Waals surface area contributed by atoms with Crippen molar-refractivity contribution in [3.05, 3.63) is 175 Å².